The quantitative estimate of drug-likeness (QED) is 0.565. The number of amides is 1. The lowest BCUT2D eigenvalue weighted by atomic mass is 10.1. The minimum Gasteiger partial charge on any atom is -0.345 e. The molecule has 0 bridgehead atoms. The molecule has 0 aliphatic carbocycles. The topological polar surface area (TPSA) is 99.8 Å². The molecule has 7 heteroatoms. The number of carbonyl (C=O) groups is 2. The van der Waals surface area contributed by atoms with Crippen LogP contribution in [0.5, 0.6) is 0 Å². The summed E-state index contributed by atoms with van der Waals surface area (Å²) in [6, 6.07) is -0.501. The Hall–Kier alpha value is -1.76. The normalized spacial score (nSPS) is 12.7. The molecule has 0 aliphatic heterocycles. The lowest BCUT2D eigenvalue weighted by Gasteiger charge is -2.21. The summed E-state index contributed by atoms with van der Waals surface area (Å²) in [6.45, 7) is 10.5. The number of ketones is 1. The number of Topliss-reactive ketones (excluding diaryl/α,β-unsaturated/α-hetero) is 1. The number of nitrogens with zero attached hydrogens (tertiary/aromatic N) is 2. The highest BCUT2D eigenvalue weighted by atomic mass is 16.2. The molecule has 1 rings (SSSR count). The van der Waals surface area contributed by atoms with E-state index >= 15 is 0 Å². The summed E-state index contributed by atoms with van der Waals surface area (Å²) in [6.07, 6.45) is 6.81. The van der Waals surface area contributed by atoms with E-state index in [2.05, 4.69) is 39.7 Å². The third-order valence-corrected chi connectivity index (χ3v) is 3.72. The van der Waals surface area contributed by atoms with Crippen LogP contribution in [-0.4, -0.2) is 45.5 Å². The first-order valence-electron chi connectivity index (χ1n) is 9.38. The van der Waals surface area contributed by atoms with Gasteiger partial charge < -0.3 is 10.6 Å². The van der Waals surface area contributed by atoms with Gasteiger partial charge in [0.05, 0.1) is 12.1 Å². The van der Waals surface area contributed by atoms with Gasteiger partial charge in [0.25, 0.3) is 0 Å². The zero-order valence-electron chi connectivity index (χ0n) is 16.4. The number of H-pyrrole nitrogens is 1. The van der Waals surface area contributed by atoms with Crippen molar-refractivity contribution in [1.29, 1.82) is 0 Å². The summed E-state index contributed by atoms with van der Waals surface area (Å²) >= 11 is 0. The van der Waals surface area contributed by atoms with E-state index < -0.39 is 0 Å². The van der Waals surface area contributed by atoms with Crippen LogP contribution in [0.25, 0.3) is 0 Å². The van der Waals surface area contributed by atoms with Crippen LogP contribution in [0, 0.1) is 0 Å². The van der Waals surface area contributed by atoms with Crippen molar-refractivity contribution in [3.05, 3.63) is 12.2 Å². The Morgan fingerprint density at radius 2 is 1.76 bits per heavy atom. The molecule has 2 unspecified atom stereocenters. The highest BCUT2D eigenvalue weighted by Gasteiger charge is 2.21. The summed E-state index contributed by atoms with van der Waals surface area (Å²) in [7, 11) is 0. The van der Waals surface area contributed by atoms with E-state index in [4.69, 9.17) is 0 Å². The van der Waals surface area contributed by atoms with Crippen molar-refractivity contribution in [1.82, 2.24) is 25.8 Å². The highest BCUT2D eigenvalue weighted by Crippen LogP contribution is 2.02. The van der Waals surface area contributed by atoms with Crippen LogP contribution in [0.4, 0.5) is 0 Å². The molecule has 0 radical (unpaired) electrons. The number of aromatic amines is 1. The SMILES string of the molecule is CCCNC(CCC)C(=O)NC(CCC)C(C)=O.CCc1ncn[nH]1.[HH].[HH]. The molecule has 1 aromatic rings. The fourth-order valence-electron chi connectivity index (χ4n) is 2.27. The number of rotatable bonds is 11. The molecule has 0 spiro atoms. The second-order valence-electron chi connectivity index (χ2n) is 6.04. The van der Waals surface area contributed by atoms with Crippen molar-refractivity contribution in [2.45, 2.75) is 85.2 Å². The predicted octanol–water partition coefficient (Wildman–Crippen LogP) is 2.89. The van der Waals surface area contributed by atoms with Crippen LogP contribution < -0.4 is 10.6 Å². The molecule has 2 atom stereocenters. The van der Waals surface area contributed by atoms with Crippen LogP contribution in [0.2, 0.25) is 0 Å². The first-order chi connectivity index (χ1) is 12.0. The van der Waals surface area contributed by atoms with Crippen molar-refractivity contribution in [3.63, 3.8) is 0 Å². The Morgan fingerprint density at radius 1 is 1.12 bits per heavy atom. The third-order valence-electron chi connectivity index (χ3n) is 3.72. The second kappa shape index (κ2) is 14.6. The number of hydrogen-bond acceptors (Lipinski definition) is 5. The van der Waals surface area contributed by atoms with Gasteiger partial charge in [-0.05, 0) is 32.7 Å². The Labute approximate surface area is 154 Å². The van der Waals surface area contributed by atoms with Gasteiger partial charge in [-0.2, -0.15) is 5.10 Å². The van der Waals surface area contributed by atoms with Crippen LogP contribution in [0.3, 0.4) is 0 Å². The minimum absolute atomic E-state index is 0. The maximum Gasteiger partial charge on any atom is 0.237 e. The van der Waals surface area contributed by atoms with E-state index in [-0.39, 0.29) is 26.6 Å². The maximum absolute atomic E-state index is 12.1. The molecular formula is C18H39N5O2. The average Bonchev–Trinajstić information content (AvgIpc) is 3.12. The highest BCUT2D eigenvalue weighted by molar-refractivity contribution is 5.89. The van der Waals surface area contributed by atoms with Crippen molar-refractivity contribution in [2.24, 2.45) is 0 Å². The van der Waals surface area contributed by atoms with Crippen LogP contribution in [-0.2, 0) is 16.0 Å². The van der Waals surface area contributed by atoms with E-state index in [1.165, 1.54) is 13.3 Å². The van der Waals surface area contributed by atoms with Crippen LogP contribution in [0.1, 0.15) is 75.4 Å². The summed E-state index contributed by atoms with van der Waals surface area (Å²) in [5, 5.41) is 12.5. The van der Waals surface area contributed by atoms with Gasteiger partial charge in [-0.3, -0.25) is 14.7 Å². The monoisotopic (exact) mass is 357 g/mol. The van der Waals surface area contributed by atoms with Gasteiger partial charge in [-0.25, -0.2) is 4.98 Å². The Morgan fingerprint density at radius 3 is 2.16 bits per heavy atom. The van der Waals surface area contributed by atoms with Gasteiger partial charge in [0.2, 0.25) is 5.91 Å². The van der Waals surface area contributed by atoms with Crippen molar-refractivity contribution in [3.8, 4) is 0 Å². The molecular weight excluding hydrogens is 318 g/mol. The molecule has 0 fully saturated rings. The largest absolute Gasteiger partial charge is 0.345 e. The second-order valence-corrected chi connectivity index (χ2v) is 6.04. The Kier molecular flexibility index (Phi) is 13.5. The van der Waals surface area contributed by atoms with Gasteiger partial charge in [-0.15, -0.1) is 0 Å². The molecule has 0 saturated carbocycles. The maximum atomic E-state index is 12.1. The van der Waals surface area contributed by atoms with Crippen molar-refractivity contribution < 1.29 is 12.4 Å². The van der Waals surface area contributed by atoms with Gasteiger partial charge in [0.1, 0.15) is 12.2 Å². The zero-order chi connectivity index (χ0) is 19.1. The number of hydrogen-bond donors (Lipinski definition) is 3. The smallest absolute Gasteiger partial charge is 0.237 e. The zero-order valence-corrected chi connectivity index (χ0v) is 16.4. The van der Waals surface area contributed by atoms with Gasteiger partial charge in [-0.1, -0.05) is 40.5 Å². The first kappa shape index (κ1) is 23.2. The molecule has 148 valence electrons. The fourth-order valence-corrected chi connectivity index (χ4v) is 2.27. The number of carbonyl (C=O) groups excluding carboxylic acids is 2. The minimum atomic E-state index is -0.328. The molecule has 0 saturated heterocycles. The number of nitrogens with one attached hydrogen (secondary N) is 3. The molecule has 1 amide bonds. The summed E-state index contributed by atoms with van der Waals surface area (Å²) in [5.41, 5.74) is 0. The van der Waals surface area contributed by atoms with Gasteiger partial charge in [0, 0.05) is 9.27 Å². The molecule has 1 heterocycles. The molecule has 0 aliphatic rings. The van der Waals surface area contributed by atoms with Crippen molar-refractivity contribution >= 4 is 11.7 Å². The lowest BCUT2D eigenvalue weighted by molar-refractivity contribution is -0.128. The fraction of sp³-hybridized carbons (Fsp3) is 0.778. The van der Waals surface area contributed by atoms with Crippen LogP contribution in [0.15, 0.2) is 6.33 Å². The predicted molar refractivity (Wildman–Crippen MR) is 104 cm³/mol. The molecule has 25 heavy (non-hydrogen) atoms. The van der Waals surface area contributed by atoms with Gasteiger partial charge >= 0.3 is 0 Å². The Bertz CT molecular complexity index is 472. The average molecular weight is 358 g/mol. The molecule has 0 aromatic carbocycles. The van der Waals surface area contributed by atoms with E-state index in [1.807, 2.05) is 13.8 Å². The van der Waals surface area contributed by atoms with Crippen LogP contribution >= 0.6 is 0 Å². The van der Waals surface area contributed by atoms with E-state index in [0.29, 0.717) is 6.42 Å². The molecule has 3 N–H and O–H groups in total. The third kappa shape index (κ3) is 10.7. The number of aromatic nitrogens is 3. The molecule has 1 aromatic heterocycles. The number of aryl methyl sites for hydroxylation is 1. The van der Waals surface area contributed by atoms with E-state index in [0.717, 1.165) is 44.5 Å². The Balaban J connectivity index is -0.000000537. The van der Waals surface area contributed by atoms with Gasteiger partial charge in [0.15, 0.2) is 5.78 Å². The van der Waals surface area contributed by atoms with E-state index in [1.54, 1.807) is 0 Å². The standard InChI is InChI=1S/C14H28N2O2.C4H7N3.2H2/c1-5-8-12(11(4)17)16-14(18)13(9-6-2)15-10-7-3;1-2-4-5-3-6-7-4;;/h12-13,15H,5-10H2,1-4H3,(H,16,18);3H,2H2,1H3,(H,5,6,7);2*1H. The molecule has 7 nitrogen and oxygen atoms in total. The summed E-state index contributed by atoms with van der Waals surface area (Å²) in [5.74, 6) is 0.940. The lowest BCUT2D eigenvalue weighted by Crippen LogP contribution is -2.49. The van der Waals surface area contributed by atoms with E-state index in [9.17, 15) is 9.59 Å². The van der Waals surface area contributed by atoms with Crippen molar-refractivity contribution in [2.75, 3.05) is 6.54 Å². The first-order valence-corrected chi connectivity index (χ1v) is 9.38. The summed E-state index contributed by atoms with van der Waals surface area (Å²) in [4.78, 5) is 27.4. The summed E-state index contributed by atoms with van der Waals surface area (Å²) < 4.78 is 0.